The Balaban J connectivity index is 1.94. The number of nitrogens with one attached hydrogen (secondary N) is 1. The lowest BCUT2D eigenvalue weighted by Crippen LogP contribution is -2.34. The second-order valence-corrected chi connectivity index (χ2v) is 6.63. The molecule has 2 heterocycles. The van der Waals surface area contributed by atoms with E-state index in [2.05, 4.69) is 10.5 Å². The van der Waals surface area contributed by atoms with Gasteiger partial charge in [0, 0.05) is 18.7 Å². The van der Waals surface area contributed by atoms with Gasteiger partial charge in [0.05, 0.1) is 6.61 Å². The first-order valence-electron chi connectivity index (χ1n) is 9.36. The second kappa shape index (κ2) is 9.33. The van der Waals surface area contributed by atoms with Gasteiger partial charge in [-0.15, -0.1) is 0 Å². The summed E-state index contributed by atoms with van der Waals surface area (Å²) in [6.45, 7) is 3.27. The highest BCUT2D eigenvalue weighted by atomic mass is 19.2. The van der Waals surface area contributed by atoms with Gasteiger partial charge >= 0.3 is 5.97 Å². The summed E-state index contributed by atoms with van der Waals surface area (Å²) in [5, 5.41) is 6.02. The Morgan fingerprint density at radius 2 is 2.00 bits per heavy atom. The number of benzene rings is 1. The predicted octanol–water partition coefficient (Wildman–Crippen LogP) is 3.02. The Morgan fingerprint density at radius 1 is 1.23 bits per heavy atom. The number of aromatic nitrogens is 2. The SMILES string of the molecule is CCOC(=O)[C@H](Cc1ccc(F)c(F)c1)n1cccc(NC(=O)c2cc(C)on2)c1=O. The van der Waals surface area contributed by atoms with E-state index in [4.69, 9.17) is 9.26 Å². The lowest BCUT2D eigenvalue weighted by Gasteiger charge is -2.19. The van der Waals surface area contributed by atoms with Crippen molar-refractivity contribution in [3.63, 3.8) is 0 Å². The smallest absolute Gasteiger partial charge is 0.329 e. The number of rotatable bonds is 7. The fourth-order valence-corrected chi connectivity index (χ4v) is 2.93. The van der Waals surface area contributed by atoms with Gasteiger partial charge in [-0.1, -0.05) is 11.2 Å². The van der Waals surface area contributed by atoms with Gasteiger partial charge in [-0.3, -0.25) is 14.2 Å². The van der Waals surface area contributed by atoms with E-state index in [0.29, 0.717) is 5.76 Å². The van der Waals surface area contributed by atoms with Crippen LogP contribution in [-0.4, -0.2) is 28.2 Å². The van der Waals surface area contributed by atoms with Gasteiger partial charge in [0.15, 0.2) is 17.3 Å². The molecule has 1 atom stereocenters. The van der Waals surface area contributed by atoms with E-state index in [-0.39, 0.29) is 30.0 Å². The summed E-state index contributed by atoms with van der Waals surface area (Å²) in [7, 11) is 0. The van der Waals surface area contributed by atoms with Gasteiger partial charge in [0.1, 0.15) is 17.5 Å². The highest BCUT2D eigenvalue weighted by molar-refractivity contribution is 6.02. The number of nitrogens with zero attached hydrogens (tertiary/aromatic N) is 2. The minimum Gasteiger partial charge on any atom is -0.464 e. The van der Waals surface area contributed by atoms with E-state index >= 15 is 0 Å². The van der Waals surface area contributed by atoms with Crippen LogP contribution in [0.4, 0.5) is 14.5 Å². The largest absolute Gasteiger partial charge is 0.464 e. The van der Waals surface area contributed by atoms with Crippen LogP contribution in [0.1, 0.15) is 34.8 Å². The molecule has 0 aliphatic rings. The topological polar surface area (TPSA) is 103 Å². The monoisotopic (exact) mass is 431 g/mol. The first-order chi connectivity index (χ1) is 14.8. The fourth-order valence-electron chi connectivity index (χ4n) is 2.93. The zero-order chi connectivity index (χ0) is 22.5. The van der Waals surface area contributed by atoms with Crippen LogP contribution in [0.3, 0.4) is 0 Å². The van der Waals surface area contributed by atoms with E-state index in [9.17, 15) is 23.2 Å². The van der Waals surface area contributed by atoms with Crippen LogP contribution >= 0.6 is 0 Å². The molecule has 162 valence electrons. The van der Waals surface area contributed by atoms with Gasteiger partial charge in [-0.2, -0.15) is 0 Å². The van der Waals surface area contributed by atoms with Crippen molar-refractivity contribution < 1.29 is 27.6 Å². The van der Waals surface area contributed by atoms with Gasteiger partial charge in [0.2, 0.25) is 0 Å². The Morgan fingerprint density at radius 3 is 2.65 bits per heavy atom. The minimum atomic E-state index is -1.16. The number of anilines is 1. The maximum atomic E-state index is 13.6. The fraction of sp³-hybridized carbons (Fsp3) is 0.238. The van der Waals surface area contributed by atoms with Gasteiger partial charge < -0.3 is 14.6 Å². The van der Waals surface area contributed by atoms with Crippen molar-refractivity contribution in [1.82, 2.24) is 9.72 Å². The molecule has 0 saturated heterocycles. The number of amides is 1. The normalized spacial score (nSPS) is 11.7. The van der Waals surface area contributed by atoms with Crippen molar-refractivity contribution >= 4 is 17.6 Å². The number of esters is 1. The van der Waals surface area contributed by atoms with Gasteiger partial charge in [0.25, 0.3) is 11.5 Å². The molecule has 31 heavy (non-hydrogen) atoms. The summed E-state index contributed by atoms with van der Waals surface area (Å²) in [6.07, 6.45) is 1.22. The van der Waals surface area contributed by atoms with Crippen molar-refractivity contribution in [2.75, 3.05) is 11.9 Å². The number of carbonyl (C=O) groups excluding carboxylic acids is 2. The summed E-state index contributed by atoms with van der Waals surface area (Å²) < 4.78 is 37.8. The van der Waals surface area contributed by atoms with Gasteiger partial charge in [-0.05, 0) is 43.7 Å². The number of hydrogen-bond acceptors (Lipinski definition) is 6. The summed E-state index contributed by atoms with van der Waals surface area (Å²) in [4.78, 5) is 37.8. The third kappa shape index (κ3) is 5.03. The first kappa shape index (κ1) is 21.9. The predicted molar refractivity (Wildman–Crippen MR) is 106 cm³/mol. The number of aryl methyl sites for hydroxylation is 1. The minimum absolute atomic E-state index is 0.0176. The van der Waals surface area contributed by atoms with Crippen LogP contribution in [0.15, 0.2) is 51.9 Å². The van der Waals surface area contributed by atoms with Crippen molar-refractivity contribution in [2.45, 2.75) is 26.3 Å². The Labute approximate surface area is 175 Å². The van der Waals surface area contributed by atoms with E-state index in [1.807, 2.05) is 0 Å². The van der Waals surface area contributed by atoms with Crippen LogP contribution in [0, 0.1) is 18.6 Å². The van der Waals surface area contributed by atoms with Crippen molar-refractivity contribution in [1.29, 1.82) is 0 Å². The van der Waals surface area contributed by atoms with Crippen LogP contribution in [-0.2, 0) is 16.0 Å². The Kier molecular flexibility index (Phi) is 6.58. The maximum absolute atomic E-state index is 13.6. The third-order valence-corrected chi connectivity index (χ3v) is 4.39. The lowest BCUT2D eigenvalue weighted by atomic mass is 10.1. The highest BCUT2D eigenvalue weighted by Crippen LogP contribution is 2.18. The van der Waals surface area contributed by atoms with Crippen molar-refractivity contribution in [2.24, 2.45) is 0 Å². The zero-order valence-corrected chi connectivity index (χ0v) is 16.7. The maximum Gasteiger partial charge on any atom is 0.329 e. The Hall–Kier alpha value is -3.82. The molecule has 1 amide bonds. The molecule has 0 spiro atoms. The summed E-state index contributed by atoms with van der Waals surface area (Å²) in [5.74, 6) is -3.08. The summed E-state index contributed by atoms with van der Waals surface area (Å²) >= 11 is 0. The Bertz CT molecular complexity index is 1170. The van der Waals surface area contributed by atoms with Crippen LogP contribution in [0.2, 0.25) is 0 Å². The molecule has 0 aliphatic heterocycles. The van der Waals surface area contributed by atoms with E-state index < -0.39 is 35.1 Å². The highest BCUT2D eigenvalue weighted by Gasteiger charge is 2.25. The average molecular weight is 431 g/mol. The number of hydrogen-bond donors (Lipinski definition) is 1. The molecule has 10 heteroatoms. The van der Waals surface area contributed by atoms with Crippen LogP contribution < -0.4 is 10.9 Å². The number of pyridine rings is 1. The standard InChI is InChI=1S/C21H19F2N3O5/c1-3-30-21(29)18(11-13-6-7-14(22)15(23)10-13)26-8-4-5-16(20(26)28)24-19(27)17-9-12(2)31-25-17/h4-10,18H,3,11H2,1-2H3,(H,24,27)/t18-/m0/s1. The van der Waals surface area contributed by atoms with E-state index in [0.717, 1.165) is 16.7 Å². The molecule has 3 aromatic rings. The lowest BCUT2D eigenvalue weighted by molar-refractivity contribution is -0.147. The first-order valence-corrected chi connectivity index (χ1v) is 9.36. The third-order valence-electron chi connectivity index (χ3n) is 4.39. The molecule has 0 radical (unpaired) electrons. The van der Waals surface area contributed by atoms with Crippen molar-refractivity contribution in [3.05, 3.63) is 81.6 Å². The van der Waals surface area contributed by atoms with Crippen molar-refractivity contribution in [3.8, 4) is 0 Å². The molecular formula is C21H19F2N3O5. The molecule has 1 aromatic carbocycles. The molecule has 3 rings (SSSR count). The number of halogens is 2. The summed E-state index contributed by atoms with van der Waals surface area (Å²) in [6, 6.07) is 6.27. The van der Waals surface area contributed by atoms with Gasteiger partial charge in [-0.25, -0.2) is 13.6 Å². The van der Waals surface area contributed by atoms with E-state index in [1.54, 1.807) is 13.8 Å². The molecule has 0 aliphatic carbocycles. The zero-order valence-electron chi connectivity index (χ0n) is 16.7. The molecular weight excluding hydrogens is 412 g/mol. The number of carbonyl (C=O) groups is 2. The van der Waals surface area contributed by atoms with E-state index in [1.165, 1.54) is 30.5 Å². The number of ether oxygens (including phenoxy) is 1. The second-order valence-electron chi connectivity index (χ2n) is 6.63. The quantitative estimate of drug-likeness (QED) is 0.577. The molecule has 0 fully saturated rings. The average Bonchev–Trinajstić information content (AvgIpc) is 3.17. The molecule has 1 N–H and O–H groups in total. The molecule has 0 unspecified atom stereocenters. The molecule has 0 bridgehead atoms. The molecule has 8 nitrogen and oxygen atoms in total. The summed E-state index contributed by atoms with van der Waals surface area (Å²) in [5.41, 5.74) is -0.517. The van der Waals surface area contributed by atoms with Crippen LogP contribution in [0.5, 0.6) is 0 Å². The van der Waals surface area contributed by atoms with Crippen LogP contribution in [0.25, 0.3) is 0 Å². The molecule has 2 aromatic heterocycles. The molecule has 0 saturated carbocycles.